The fourth-order valence-electron chi connectivity index (χ4n) is 7.40. The van der Waals surface area contributed by atoms with E-state index in [4.69, 9.17) is 9.51 Å². The van der Waals surface area contributed by atoms with Crippen LogP contribution < -0.4 is 9.51 Å². The van der Waals surface area contributed by atoms with Crippen molar-refractivity contribution in [1.82, 2.24) is 19.9 Å². The van der Waals surface area contributed by atoms with E-state index in [-0.39, 0.29) is 7.69 Å². The van der Waals surface area contributed by atoms with E-state index in [2.05, 4.69) is 156 Å². The van der Waals surface area contributed by atoms with E-state index in [0.29, 0.717) is 0 Å². The van der Waals surface area contributed by atoms with Crippen LogP contribution in [0.25, 0.3) is 0 Å². The summed E-state index contributed by atoms with van der Waals surface area (Å²) in [5.74, 6) is 0. The Morgan fingerprint density at radius 1 is 0.333 bits per heavy atom. The van der Waals surface area contributed by atoms with E-state index in [1.165, 1.54) is 9.69 Å². The predicted molar refractivity (Wildman–Crippen MR) is 201 cm³/mol. The SMILES string of the molecule is B(On1cc(C(c2ccccc2)(c2ccccc2)c2ccccc2)cn1)On1cc(C(c2ccccc2)(c2ccccc2)c2ccccc2)cn1. The number of hydrogen-bond donors (Lipinski definition) is 0. The Bertz CT molecular complexity index is 1920. The minimum absolute atomic E-state index is 0.119. The molecule has 2 heterocycles. The molecule has 2 aromatic heterocycles. The number of nitrogens with zero attached hydrogens (tertiary/aromatic N) is 4. The molecule has 0 spiro atoms. The highest BCUT2D eigenvalue weighted by molar-refractivity contribution is 6.18. The summed E-state index contributed by atoms with van der Waals surface area (Å²) < 4.78 is 12.1. The topological polar surface area (TPSA) is 54.1 Å². The molecule has 8 rings (SSSR count). The van der Waals surface area contributed by atoms with Gasteiger partial charge in [-0.1, -0.05) is 182 Å². The lowest BCUT2D eigenvalue weighted by molar-refractivity contribution is 0.150. The van der Waals surface area contributed by atoms with Crippen LogP contribution in [-0.2, 0) is 10.8 Å². The summed E-state index contributed by atoms with van der Waals surface area (Å²) in [6.07, 6.45) is 7.59. The van der Waals surface area contributed by atoms with Crippen LogP contribution in [0.4, 0.5) is 0 Å². The van der Waals surface area contributed by atoms with E-state index in [9.17, 15) is 0 Å². The van der Waals surface area contributed by atoms with E-state index in [1.54, 1.807) is 0 Å². The average molecular weight is 663 g/mol. The van der Waals surface area contributed by atoms with Crippen LogP contribution in [0, 0.1) is 0 Å². The van der Waals surface area contributed by atoms with Crippen LogP contribution in [0.5, 0.6) is 0 Å². The molecule has 7 heteroatoms. The van der Waals surface area contributed by atoms with Crippen molar-refractivity contribution >= 4 is 7.69 Å². The van der Waals surface area contributed by atoms with Crippen molar-refractivity contribution in [1.29, 1.82) is 0 Å². The normalized spacial score (nSPS) is 11.5. The Morgan fingerprint density at radius 2 is 0.569 bits per heavy atom. The van der Waals surface area contributed by atoms with Gasteiger partial charge in [0.2, 0.25) is 0 Å². The molecular formula is C44H35BN4O2. The first kappa shape index (κ1) is 31.7. The van der Waals surface area contributed by atoms with Crippen molar-refractivity contribution < 1.29 is 9.51 Å². The van der Waals surface area contributed by atoms with Gasteiger partial charge in [0.25, 0.3) is 0 Å². The van der Waals surface area contributed by atoms with Crippen LogP contribution in [0.15, 0.2) is 207 Å². The summed E-state index contributed by atoms with van der Waals surface area (Å²) in [6.45, 7) is 0. The molecule has 0 atom stereocenters. The Balaban J connectivity index is 1.11. The second-order valence-corrected chi connectivity index (χ2v) is 12.3. The summed E-state index contributed by atoms with van der Waals surface area (Å²) in [7, 11) is -0.119. The first-order valence-electron chi connectivity index (χ1n) is 17.0. The lowest BCUT2D eigenvalue weighted by Gasteiger charge is -2.35. The van der Waals surface area contributed by atoms with Crippen LogP contribution >= 0.6 is 0 Å². The molecule has 0 aliphatic carbocycles. The van der Waals surface area contributed by atoms with Crippen molar-refractivity contribution in [3.63, 3.8) is 0 Å². The molecule has 51 heavy (non-hydrogen) atoms. The summed E-state index contributed by atoms with van der Waals surface area (Å²) in [5, 5.41) is 9.28. The zero-order valence-electron chi connectivity index (χ0n) is 27.9. The van der Waals surface area contributed by atoms with E-state index >= 15 is 0 Å². The molecule has 0 bridgehead atoms. The van der Waals surface area contributed by atoms with Gasteiger partial charge in [-0.15, -0.1) is 19.9 Å². The Kier molecular flexibility index (Phi) is 8.75. The van der Waals surface area contributed by atoms with Gasteiger partial charge >= 0.3 is 7.69 Å². The van der Waals surface area contributed by atoms with Gasteiger partial charge in [-0.3, -0.25) is 0 Å². The summed E-state index contributed by atoms with van der Waals surface area (Å²) in [5.41, 5.74) is 7.43. The molecule has 0 N–H and O–H groups in total. The smallest absolute Gasteiger partial charge is 0.421 e. The lowest BCUT2D eigenvalue weighted by Crippen LogP contribution is -2.31. The van der Waals surface area contributed by atoms with Crippen LogP contribution in [-0.4, -0.2) is 27.6 Å². The van der Waals surface area contributed by atoms with Gasteiger partial charge in [-0.2, -0.15) is 0 Å². The highest BCUT2D eigenvalue weighted by Gasteiger charge is 2.41. The molecule has 0 fully saturated rings. The molecule has 0 aliphatic heterocycles. The van der Waals surface area contributed by atoms with Crippen molar-refractivity contribution in [2.45, 2.75) is 10.8 Å². The predicted octanol–water partition coefficient (Wildman–Crippen LogP) is 7.67. The maximum atomic E-state index is 6.06. The molecule has 246 valence electrons. The van der Waals surface area contributed by atoms with Crippen molar-refractivity contribution in [2.75, 3.05) is 0 Å². The Labute approximate surface area is 298 Å². The Hall–Kier alpha value is -6.60. The number of benzene rings is 6. The summed E-state index contributed by atoms with van der Waals surface area (Å²) in [6, 6.07) is 63.1. The second-order valence-electron chi connectivity index (χ2n) is 12.3. The minimum Gasteiger partial charge on any atom is -0.421 e. The minimum atomic E-state index is -0.626. The quantitative estimate of drug-likeness (QED) is 0.0996. The van der Waals surface area contributed by atoms with E-state index < -0.39 is 10.8 Å². The molecule has 0 amide bonds. The van der Waals surface area contributed by atoms with Gasteiger partial charge in [0.1, 0.15) is 0 Å². The fraction of sp³-hybridized carbons (Fsp3) is 0.0455. The van der Waals surface area contributed by atoms with E-state index in [1.807, 2.05) is 61.2 Å². The highest BCUT2D eigenvalue weighted by Crippen LogP contribution is 2.46. The molecule has 0 aliphatic rings. The second kappa shape index (κ2) is 14.1. The zero-order valence-corrected chi connectivity index (χ0v) is 27.9. The number of hydrogen-bond acceptors (Lipinski definition) is 4. The molecular weight excluding hydrogens is 627 g/mol. The van der Waals surface area contributed by atoms with Crippen LogP contribution in [0.1, 0.15) is 44.5 Å². The maximum absolute atomic E-state index is 6.06. The summed E-state index contributed by atoms with van der Waals surface area (Å²) >= 11 is 0. The number of rotatable bonds is 12. The molecule has 0 saturated heterocycles. The fourth-order valence-corrected chi connectivity index (χ4v) is 7.40. The van der Waals surface area contributed by atoms with Crippen LogP contribution in [0.2, 0.25) is 0 Å². The first-order valence-corrected chi connectivity index (χ1v) is 17.0. The van der Waals surface area contributed by atoms with Gasteiger partial charge in [-0.25, -0.2) is 0 Å². The average Bonchev–Trinajstić information content (AvgIpc) is 3.89. The number of aromatic nitrogens is 4. The van der Waals surface area contributed by atoms with Crippen molar-refractivity contribution in [2.24, 2.45) is 0 Å². The molecule has 0 saturated carbocycles. The molecule has 6 nitrogen and oxygen atoms in total. The maximum Gasteiger partial charge on any atom is 0.620 e. The van der Waals surface area contributed by atoms with Crippen LogP contribution in [0.3, 0.4) is 0 Å². The van der Waals surface area contributed by atoms with E-state index in [0.717, 1.165) is 44.5 Å². The highest BCUT2D eigenvalue weighted by atomic mass is 16.8. The van der Waals surface area contributed by atoms with Gasteiger partial charge in [0.05, 0.1) is 35.6 Å². The van der Waals surface area contributed by atoms with Gasteiger partial charge in [0, 0.05) is 11.1 Å². The third kappa shape index (κ3) is 5.79. The van der Waals surface area contributed by atoms with Crippen molar-refractivity contribution in [3.05, 3.63) is 251 Å². The first-order chi connectivity index (χ1) is 25.3. The van der Waals surface area contributed by atoms with Gasteiger partial charge < -0.3 is 9.51 Å². The van der Waals surface area contributed by atoms with Crippen molar-refractivity contribution in [3.8, 4) is 0 Å². The lowest BCUT2D eigenvalue weighted by atomic mass is 9.66. The molecule has 6 aromatic carbocycles. The molecule has 8 aromatic rings. The summed E-state index contributed by atoms with van der Waals surface area (Å²) in [4.78, 5) is 2.93. The Morgan fingerprint density at radius 3 is 0.804 bits per heavy atom. The molecule has 0 unspecified atom stereocenters. The largest absolute Gasteiger partial charge is 0.620 e. The van der Waals surface area contributed by atoms with Gasteiger partial charge in [0.15, 0.2) is 0 Å². The zero-order chi connectivity index (χ0) is 34.4. The molecule has 0 radical (unpaired) electrons. The third-order valence-corrected chi connectivity index (χ3v) is 9.60. The van der Waals surface area contributed by atoms with Gasteiger partial charge in [-0.05, 0) is 33.4 Å². The standard InChI is InChI=1S/C44H35BN4O2/c1-7-19-35(20-8-1)43(36-21-9-2-10-22-36,37-23-11-3-12-24-37)41-31-46-48(33-41)50-45-51-49-34-42(32-47-49)44(38-25-13-4-14-26-38,39-27-15-5-16-28-39)40-29-17-6-18-30-40/h1-34,45H. The monoisotopic (exact) mass is 662 g/mol. The third-order valence-electron chi connectivity index (χ3n) is 9.60.